The van der Waals surface area contributed by atoms with Crippen LogP contribution in [-0.2, 0) is 13.6 Å². The molecule has 0 fully saturated rings. The van der Waals surface area contributed by atoms with Crippen molar-refractivity contribution in [2.24, 2.45) is 0 Å². The second-order valence-corrected chi connectivity index (χ2v) is 4.22. The third-order valence-electron chi connectivity index (χ3n) is 1.74. The molecule has 2 rings (SSSR count). The minimum Gasteiger partial charge on any atom is -0.394 e. The lowest BCUT2D eigenvalue weighted by atomic mass is 10.2. The van der Waals surface area contributed by atoms with Crippen molar-refractivity contribution in [1.82, 2.24) is 0 Å². The van der Waals surface area contributed by atoms with Gasteiger partial charge in [-0.05, 0) is 12.1 Å². The maximum Gasteiger partial charge on any atom is 0.589 e. The first-order valence-corrected chi connectivity index (χ1v) is 5.29. The van der Waals surface area contributed by atoms with E-state index in [9.17, 15) is 9.36 Å². The summed E-state index contributed by atoms with van der Waals surface area (Å²) < 4.78 is 25.4. The fourth-order valence-corrected chi connectivity index (χ4v) is 1.97. The van der Waals surface area contributed by atoms with Crippen molar-refractivity contribution in [2.45, 2.75) is 0 Å². The Balaban J connectivity index is 2.48. The van der Waals surface area contributed by atoms with E-state index >= 15 is 0 Å². The fraction of sp³-hybridized carbons (Fsp3) is 0.125. The fourth-order valence-electron chi connectivity index (χ4n) is 1.08. The van der Waals surface area contributed by atoms with Gasteiger partial charge in [-0.2, -0.15) is 0 Å². The molecule has 1 aromatic rings. The summed E-state index contributed by atoms with van der Waals surface area (Å²) >= 11 is 0. The van der Waals surface area contributed by atoms with Crippen LogP contribution >= 0.6 is 7.82 Å². The minimum atomic E-state index is -3.73. The summed E-state index contributed by atoms with van der Waals surface area (Å²) in [5, 5.41) is 0. The Hall–Kier alpha value is -1.32. The largest absolute Gasteiger partial charge is 0.589 e. The number of para-hydroxylation sites is 1. The molecule has 0 saturated heterocycles. The predicted octanol–water partition coefficient (Wildman–Crippen LogP) is 1.99. The molecule has 1 aliphatic heterocycles. The maximum absolute atomic E-state index is 11.5. The van der Waals surface area contributed by atoms with Gasteiger partial charge in [0, 0.05) is 7.11 Å². The number of carbonyl (C=O) groups is 1. The molecule has 0 aliphatic carbocycles. The van der Waals surface area contributed by atoms with Crippen LogP contribution in [0.2, 0.25) is 0 Å². The summed E-state index contributed by atoms with van der Waals surface area (Å²) in [6.07, 6.45) is 0. The molecule has 6 heteroatoms. The quantitative estimate of drug-likeness (QED) is 0.669. The number of phosphoric acid groups is 1. The van der Waals surface area contributed by atoms with Gasteiger partial charge in [-0.15, -0.1) is 0 Å². The average Bonchev–Trinajstić information content (AvgIpc) is 2.18. The number of fused-ring (bicyclic) bond motifs is 1. The van der Waals surface area contributed by atoms with Crippen LogP contribution in [0, 0.1) is 0 Å². The Morgan fingerprint density at radius 2 is 2.00 bits per heavy atom. The van der Waals surface area contributed by atoms with Crippen molar-refractivity contribution in [3.63, 3.8) is 0 Å². The van der Waals surface area contributed by atoms with Gasteiger partial charge in [0.1, 0.15) is 11.3 Å². The molecule has 1 unspecified atom stereocenters. The van der Waals surface area contributed by atoms with Crippen LogP contribution in [0.3, 0.4) is 0 Å². The van der Waals surface area contributed by atoms with E-state index in [4.69, 9.17) is 4.52 Å². The predicted molar refractivity (Wildman–Crippen MR) is 47.1 cm³/mol. The van der Waals surface area contributed by atoms with E-state index in [-0.39, 0.29) is 11.3 Å². The molecule has 0 amide bonds. The summed E-state index contributed by atoms with van der Waals surface area (Å²) in [7, 11) is -2.58. The molecular formula is C8H7O5P. The number of phosphoric ester groups is 1. The molecule has 1 aromatic carbocycles. The van der Waals surface area contributed by atoms with Gasteiger partial charge in [-0.25, -0.2) is 9.36 Å². The van der Waals surface area contributed by atoms with E-state index < -0.39 is 13.8 Å². The van der Waals surface area contributed by atoms with E-state index in [1.807, 2.05) is 0 Å². The molecule has 0 saturated carbocycles. The van der Waals surface area contributed by atoms with Gasteiger partial charge in [0.25, 0.3) is 0 Å². The lowest BCUT2D eigenvalue weighted by Gasteiger charge is -2.21. The van der Waals surface area contributed by atoms with Crippen LogP contribution in [0.5, 0.6) is 5.75 Å². The molecule has 74 valence electrons. The highest BCUT2D eigenvalue weighted by atomic mass is 31.2. The SMILES string of the molecule is COP1(=O)OC(=O)c2ccccc2O1. The third kappa shape index (κ3) is 1.41. The highest BCUT2D eigenvalue weighted by Gasteiger charge is 2.38. The molecule has 0 N–H and O–H groups in total. The van der Waals surface area contributed by atoms with Crippen molar-refractivity contribution in [1.29, 1.82) is 0 Å². The van der Waals surface area contributed by atoms with Gasteiger partial charge >= 0.3 is 13.8 Å². The van der Waals surface area contributed by atoms with Crippen LogP contribution in [0.15, 0.2) is 24.3 Å². The van der Waals surface area contributed by atoms with Crippen molar-refractivity contribution in [3.05, 3.63) is 29.8 Å². The molecule has 1 heterocycles. The molecule has 0 spiro atoms. The van der Waals surface area contributed by atoms with E-state index in [0.29, 0.717) is 0 Å². The zero-order chi connectivity index (χ0) is 10.2. The molecule has 5 nitrogen and oxygen atoms in total. The van der Waals surface area contributed by atoms with E-state index in [0.717, 1.165) is 7.11 Å². The summed E-state index contributed by atoms with van der Waals surface area (Å²) in [5.74, 6) is -0.481. The first-order chi connectivity index (χ1) is 6.64. The monoisotopic (exact) mass is 214 g/mol. The average molecular weight is 214 g/mol. The Morgan fingerprint density at radius 1 is 1.29 bits per heavy atom. The Labute approximate surface area is 80.2 Å². The third-order valence-corrected chi connectivity index (χ3v) is 2.99. The van der Waals surface area contributed by atoms with Crippen LogP contribution in [0.1, 0.15) is 10.4 Å². The summed E-state index contributed by atoms with van der Waals surface area (Å²) in [6.45, 7) is 0. The van der Waals surface area contributed by atoms with Gasteiger partial charge in [-0.1, -0.05) is 12.1 Å². The van der Waals surface area contributed by atoms with E-state index in [1.165, 1.54) is 12.1 Å². The zero-order valence-corrected chi connectivity index (χ0v) is 8.19. The molecule has 0 bridgehead atoms. The smallest absolute Gasteiger partial charge is 0.394 e. The topological polar surface area (TPSA) is 61.8 Å². The Kier molecular flexibility index (Phi) is 2.06. The van der Waals surface area contributed by atoms with Crippen LogP contribution < -0.4 is 4.52 Å². The normalized spacial score (nSPS) is 24.8. The highest BCUT2D eigenvalue weighted by Crippen LogP contribution is 2.53. The lowest BCUT2D eigenvalue weighted by molar-refractivity contribution is 0.0634. The summed E-state index contributed by atoms with van der Waals surface area (Å²) in [5.41, 5.74) is 0.246. The van der Waals surface area contributed by atoms with Gasteiger partial charge < -0.3 is 9.05 Å². The highest BCUT2D eigenvalue weighted by molar-refractivity contribution is 7.49. The Bertz CT molecular complexity index is 427. The second kappa shape index (κ2) is 3.12. The number of hydrogen-bond acceptors (Lipinski definition) is 5. The van der Waals surface area contributed by atoms with Crippen molar-refractivity contribution in [2.75, 3.05) is 7.11 Å². The van der Waals surface area contributed by atoms with Crippen molar-refractivity contribution >= 4 is 13.8 Å². The Morgan fingerprint density at radius 3 is 2.71 bits per heavy atom. The summed E-state index contributed by atoms with van der Waals surface area (Å²) in [4.78, 5) is 11.3. The van der Waals surface area contributed by atoms with Crippen LogP contribution in [0.25, 0.3) is 0 Å². The zero-order valence-electron chi connectivity index (χ0n) is 7.30. The van der Waals surface area contributed by atoms with Crippen molar-refractivity contribution in [3.8, 4) is 5.75 Å². The van der Waals surface area contributed by atoms with Crippen LogP contribution in [-0.4, -0.2) is 13.1 Å². The molecular weight excluding hydrogens is 207 g/mol. The first kappa shape index (κ1) is 9.24. The van der Waals surface area contributed by atoms with E-state index in [1.54, 1.807) is 12.1 Å². The second-order valence-electron chi connectivity index (χ2n) is 2.60. The van der Waals surface area contributed by atoms with E-state index in [2.05, 4.69) is 9.05 Å². The molecule has 1 aliphatic rings. The molecule has 0 aromatic heterocycles. The lowest BCUT2D eigenvalue weighted by Crippen LogP contribution is -2.15. The van der Waals surface area contributed by atoms with Crippen molar-refractivity contribution < 1.29 is 22.9 Å². The number of benzene rings is 1. The molecule has 1 atom stereocenters. The number of carbonyl (C=O) groups excluding carboxylic acids is 1. The standard InChI is InChI=1S/C8H7O5P/c1-11-14(10)12-7-5-3-2-4-6(7)8(9)13-14/h2-5H,1H3. The summed E-state index contributed by atoms with van der Waals surface area (Å²) in [6, 6.07) is 6.38. The van der Waals surface area contributed by atoms with Gasteiger partial charge in [0.05, 0.1) is 0 Å². The molecule has 0 radical (unpaired) electrons. The maximum atomic E-state index is 11.5. The van der Waals surface area contributed by atoms with Gasteiger partial charge in [0.2, 0.25) is 0 Å². The first-order valence-electron chi connectivity index (χ1n) is 3.83. The number of rotatable bonds is 1. The molecule has 14 heavy (non-hydrogen) atoms. The minimum absolute atomic E-state index is 0.217. The van der Waals surface area contributed by atoms with Gasteiger partial charge in [-0.3, -0.25) is 4.52 Å². The number of hydrogen-bond donors (Lipinski definition) is 0. The van der Waals surface area contributed by atoms with Crippen LogP contribution in [0.4, 0.5) is 0 Å². The van der Waals surface area contributed by atoms with Gasteiger partial charge in [0.15, 0.2) is 0 Å².